The van der Waals surface area contributed by atoms with Crippen LogP contribution in [0.5, 0.6) is 0 Å². The van der Waals surface area contributed by atoms with Crippen molar-refractivity contribution in [1.29, 1.82) is 0 Å². The van der Waals surface area contributed by atoms with Gasteiger partial charge in [-0.05, 0) is 31.0 Å². The van der Waals surface area contributed by atoms with Gasteiger partial charge in [0, 0.05) is 18.7 Å². The molecule has 1 saturated carbocycles. The molecule has 126 valence electrons. The molecule has 1 amide bonds. The van der Waals surface area contributed by atoms with Crippen LogP contribution in [-0.4, -0.2) is 27.7 Å². The number of carbonyl (C=O) groups excluding carboxylic acids is 1. The SMILES string of the molecule is CC(=O)N(c1ccc(C(=O)O)c(Nn2c(=O)c2=O)c1)C1CCCC1. The quantitative estimate of drug-likeness (QED) is 0.790. The van der Waals surface area contributed by atoms with Gasteiger partial charge in [0.05, 0.1) is 11.3 Å². The topological polar surface area (TPSA) is 109 Å². The van der Waals surface area contributed by atoms with Gasteiger partial charge in [-0.25, -0.2) is 4.79 Å². The molecule has 0 bridgehead atoms. The van der Waals surface area contributed by atoms with Gasteiger partial charge in [0.2, 0.25) is 5.91 Å². The lowest BCUT2D eigenvalue weighted by atomic mass is 10.1. The fourth-order valence-electron chi connectivity index (χ4n) is 3.13. The van der Waals surface area contributed by atoms with Crippen LogP contribution in [0.4, 0.5) is 11.4 Å². The van der Waals surface area contributed by atoms with Gasteiger partial charge < -0.3 is 10.0 Å². The van der Waals surface area contributed by atoms with Crippen molar-refractivity contribution in [2.75, 3.05) is 10.3 Å². The highest BCUT2D eigenvalue weighted by atomic mass is 16.4. The van der Waals surface area contributed by atoms with E-state index < -0.39 is 17.1 Å². The predicted octanol–water partition coefficient (Wildman–Crippen LogP) is 0.953. The van der Waals surface area contributed by atoms with Crippen molar-refractivity contribution in [2.24, 2.45) is 0 Å². The second-order valence-corrected chi connectivity index (χ2v) is 5.92. The number of hydrogen-bond acceptors (Lipinski definition) is 5. The van der Waals surface area contributed by atoms with Crippen LogP contribution >= 0.6 is 0 Å². The van der Waals surface area contributed by atoms with Crippen molar-refractivity contribution < 1.29 is 14.7 Å². The average molecular weight is 331 g/mol. The molecule has 1 aliphatic carbocycles. The largest absolute Gasteiger partial charge is 0.478 e. The van der Waals surface area contributed by atoms with E-state index in [0.29, 0.717) is 5.69 Å². The highest BCUT2D eigenvalue weighted by Gasteiger charge is 2.27. The Bertz CT molecular complexity index is 846. The van der Waals surface area contributed by atoms with E-state index in [2.05, 4.69) is 5.43 Å². The summed E-state index contributed by atoms with van der Waals surface area (Å²) in [5.74, 6) is -1.32. The molecule has 0 radical (unpaired) electrons. The monoisotopic (exact) mass is 331 g/mol. The first-order valence-electron chi connectivity index (χ1n) is 7.72. The van der Waals surface area contributed by atoms with Crippen molar-refractivity contribution in [3.8, 4) is 0 Å². The van der Waals surface area contributed by atoms with Crippen LogP contribution in [0.3, 0.4) is 0 Å². The van der Waals surface area contributed by atoms with Crippen LogP contribution in [0.15, 0.2) is 27.8 Å². The second-order valence-electron chi connectivity index (χ2n) is 5.92. The first-order chi connectivity index (χ1) is 11.4. The molecule has 3 rings (SSSR count). The van der Waals surface area contributed by atoms with Gasteiger partial charge in [-0.1, -0.05) is 12.8 Å². The Morgan fingerprint density at radius 2 is 1.83 bits per heavy atom. The molecule has 0 saturated heterocycles. The van der Waals surface area contributed by atoms with E-state index in [1.165, 1.54) is 19.1 Å². The van der Waals surface area contributed by atoms with Gasteiger partial charge in [0.15, 0.2) is 0 Å². The third-order valence-corrected chi connectivity index (χ3v) is 4.31. The minimum absolute atomic E-state index is 0.0792. The van der Waals surface area contributed by atoms with E-state index in [9.17, 15) is 24.3 Å². The number of rotatable bonds is 5. The number of anilines is 2. The average Bonchev–Trinajstić information content (AvgIpc) is 2.95. The summed E-state index contributed by atoms with van der Waals surface area (Å²) in [6.07, 6.45) is 3.88. The molecule has 0 spiro atoms. The Morgan fingerprint density at radius 3 is 2.33 bits per heavy atom. The Morgan fingerprint density at radius 1 is 1.21 bits per heavy atom. The summed E-state index contributed by atoms with van der Waals surface area (Å²) in [4.78, 5) is 47.4. The Labute approximate surface area is 137 Å². The molecule has 1 aromatic heterocycles. The summed E-state index contributed by atoms with van der Waals surface area (Å²) in [6.45, 7) is 1.47. The summed E-state index contributed by atoms with van der Waals surface area (Å²) < 4.78 is 0.735. The predicted molar refractivity (Wildman–Crippen MR) is 87.2 cm³/mol. The zero-order valence-electron chi connectivity index (χ0n) is 13.1. The summed E-state index contributed by atoms with van der Waals surface area (Å²) in [6, 6.07) is 4.50. The lowest BCUT2D eigenvalue weighted by Gasteiger charge is -2.28. The summed E-state index contributed by atoms with van der Waals surface area (Å²) in [7, 11) is 0. The fourth-order valence-corrected chi connectivity index (χ4v) is 3.13. The molecule has 2 aromatic rings. The maximum absolute atomic E-state index is 12.1. The first kappa shape index (κ1) is 16.0. The van der Waals surface area contributed by atoms with Crippen molar-refractivity contribution in [3.05, 3.63) is 44.5 Å². The second kappa shape index (κ2) is 5.95. The fraction of sp³-hybridized carbons (Fsp3) is 0.375. The first-order valence-corrected chi connectivity index (χ1v) is 7.72. The molecule has 0 aliphatic heterocycles. The number of aromatic carboxylic acids is 1. The van der Waals surface area contributed by atoms with Crippen molar-refractivity contribution in [1.82, 2.24) is 4.68 Å². The number of hydrogen-bond donors (Lipinski definition) is 2. The van der Waals surface area contributed by atoms with Gasteiger partial charge in [-0.15, -0.1) is 0 Å². The van der Waals surface area contributed by atoms with E-state index in [0.717, 1.165) is 30.4 Å². The molecule has 2 N–H and O–H groups in total. The Hall–Kier alpha value is -2.90. The third kappa shape index (κ3) is 2.82. The van der Waals surface area contributed by atoms with E-state index in [1.807, 2.05) is 0 Å². The van der Waals surface area contributed by atoms with Crippen LogP contribution in [-0.2, 0) is 4.79 Å². The number of carboxylic acids is 1. The molecule has 8 heteroatoms. The Balaban J connectivity index is 2.00. The van der Waals surface area contributed by atoms with Gasteiger partial charge >= 0.3 is 17.1 Å². The van der Waals surface area contributed by atoms with Gasteiger partial charge in [-0.3, -0.25) is 19.8 Å². The van der Waals surface area contributed by atoms with Crippen LogP contribution < -0.4 is 21.4 Å². The maximum atomic E-state index is 12.1. The van der Waals surface area contributed by atoms with Crippen molar-refractivity contribution >= 4 is 23.3 Å². The van der Waals surface area contributed by atoms with E-state index >= 15 is 0 Å². The smallest absolute Gasteiger partial charge is 0.340 e. The number of benzene rings is 1. The molecule has 0 atom stereocenters. The lowest BCUT2D eigenvalue weighted by molar-refractivity contribution is -0.117. The molecule has 8 nitrogen and oxygen atoms in total. The summed E-state index contributed by atoms with van der Waals surface area (Å²) >= 11 is 0. The number of amides is 1. The number of nitrogens with zero attached hydrogens (tertiary/aromatic N) is 2. The molecule has 1 fully saturated rings. The highest BCUT2D eigenvalue weighted by Crippen LogP contribution is 2.31. The molecular formula is C16H17N3O5. The zero-order chi connectivity index (χ0) is 17.4. The number of carbonyl (C=O) groups is 2. The van der Waals surface area contributed by atoms with E-state index in [-0.39, 0.29) is 23.2 Å². The normalized spacial score (nSPS) is 14.9. The molecule has 1 aliphatic rings. The lowest BCUT2D eigenvalue weighted by Crippen LogP contribution is -2.37. The van der Waals surface area contributed by atoms with Gasteiger partial charge in [0.1, 0.15) is 0 Å². The maximum Gasteiger partial charge on any atom is 0.340 e. The third-order valence-electron chi connectivity index (χ3n) is 4.31. The van der Waals surface area contributed by atoms with E-state index in [4.69, 9.17) is 0 Å². The van der Waals surface area contributed by atoms with Crippen molar-refractivity contribution in [3.63, 3.8) is 0 Å². The van der Waals surface area contributed by atoms with Crippen LogP contribution in [0.1, 0.15) is 43.0 Å². The molecule has 1 heterocycles. The molecular weight excluding hydrogens is 314 g/mol. The molecule has 24 heavy (non-hydrogen) atoms. The zero-order valence-corrected chi connectivity index (χ0v) is 13.1. The minimum Gasteiger partial charge on any atom is -0.478 e. The summed E-state index contributed by atoms with van der Waals surface area (Å²) in [5, 5.41) is 9.27. The number of carboxylic acid groups (broad SMARTS) is 1. The minimum atomic E-state index is -1.19. The van der Waals surface area contributed by atoms with Gasteiger partial charge in [-0.2, -0.15) is 4.68 Å². The number of aromatic nitrogens is 1. The van der Waals surface area contributed by atoms with Crippen LogP contribution in [0.2, 0.25) is 0 Å². The molecule has 1 aromatic carbocycles. The van der Waals surface area contributed by atoms with E-state index in [1.54, 1.807) is 11.0 Å². The summed E-state index contributed by atoms with van der Waals surface area (Å²) in [5.41, 5.74) is 1.62. The van der Waals surface area contributed by atoms with Gasteiger partial charge in [0.25, 0.3) is 0 Å². The highest BCUT2D eigenvalue weighted by molar-refractivity contribution is 5.98. The van der Waals surface area contributed by atoms with Crippen LogP contribution in [0.25, 0.3) is 0 Å². The standard InChI is InChI=1S/C16H17N3O5/c1-9(20)18(10-4-2-3-5-10)11-6-7-12(16(23)24)13(8-11)17-19-14(21)15(19)22/h6-8,10,17H,2-5H2,1H3,(H,23,24). The van der Waals surface area contributed by atoms with Crippen molar-refractivity contribution in [2.45, 2.75) is 38.6 Å². The van der Waals surface area contributed by atoms with Crippen LogP contribution in [0, 0.1) is 0 Å². The Kier molecular flexibility index (Phi) is 3.96. The molecule has 0 unspecified atom stereocenters. The number of nitrogens with one attached hydrogen (secondary N) is 1.